The largest absolute Gasteiger partial charge is 0.471 e. The number of rotatable bonds is 7. The molecule has 0 unspecified atom stereocenters. The number of ether oxygens (including phenoxy) is 2. The molecule has 1 aromatic carbocycles. The predicted molar refractivity (Wildman–Crippen MR) is 112 cm³/mol. The summed E-state index contributed by atoms with van der Waals surface area (Å²) >= 11 is 0. The summed E-state index contributed by atoms with van der Waals surface area (Å²) in [6.45, 7) is 1.17. The molecule has 3 heterocycles. The van der Waals surface area contributed by atoms with E-state index in [0.717, 1.165) is 37.1 Å². The van der Waals surface area contributed by atoms with Crippen LogP contribution in [-0.4, -0.2) is 38.5 Å². The van der Waals surface area contributed by atoms with E-state index in [1.54, 1.807) is 13.2 Å². The first-order chi connectivity index (χ1) is 15.1. The monoisotopic (exact) mass is 423 g/mol. The molecule has 9 heteroatoms. The second kappa shape index (κ2) is 9.03. The Hall–Kier alpha value is -3.62. The maximum atomic E-state index is 12.9. The van der Waals surface area contributed by atoms with Crippen molar-refractivity contribution in [2.45, 2.75) is 39.0 Å². The van der Waals surface area contributed by atoms with Gasteiger partial charge >= 0.3 is 5.97 Å². The Labute approximate surface area is 180 Å². The van der Waals surface area contributed by atoms with E-state index in [4.69, 9.17) is 9.47 Å². The van der Waals surface area contributed by atoms with Crippen molar-refractivity contribution in [1.29, 1.82) is 0 Å². The fourth-order valence-corrected chi connectivity index (χ4v) is 3.72. The van der Waals surface area contributed by atoms with E-state index in [1.807, 2.05) is 35.0 Å². The molecule has 1 aliphatic rings. The second-order valence-corrected chi connectivity index (χ2v) is 7.42. The number of nitrogens with zero attached hydrogens (tertiary/aromatic N) is 4. The molecule has 1 N–H and O–H groups in total. The summed E-state index contributed by atoms with van der Waals surface area (Å²) in [4.78, 5) is 25.2. The summed E-state index contributed by atoms with van der Waals surface area (Å²) in [6, 6.07) is 9.66. The lowest BCUT2D eigenvalue weighted by atomic mass is 10.0. The van der Waals surface area contributed by atoms with Crippen LogP contribution in [0, 0.1) is 0 Å². The third-order valence-electron chi connectivity index (χ3n) is 5.23. The molecule has 3 aromatic rings. The number of nitrogens with one attached hydrogen (secondary N) is 1. The van der Waals surface area contributed by atoms with Crippen LogP contribution in [0.1, 0.15) is 50.5 Å². The molecule has 0 radical (unpaired) electrons. The molecular formula is C22H25N5O4. The Kier molecular flexibility index (Phi) is 6.01. The highest BCUT2D eigenvalue weighted by Crippen LogP contribution is 2.23. The van der Waals surface area contributed by atoms with Gasteiger partial charge in [-0.2, -0.15) is 5.10 Å². The van der Waals surface area contributed by atoms with E-state index in [0.29, 0.717) is 23.4 Å². The normalized spacial score (nSPS) is 12.8. The Morgan fingerprint density at radius 3 is 2.74 bits per heavy atom. The van der Waals surface area contributed by atoms with Crippen molar-refractivity contribution < 1.29 is 19.1 Å². The second-order valence-electron chi connectivity index (χ2n) is 7.42. The number of hydrogen-bond donors (Lipinski definition) is 1. The third kappa shape index (κ3) is 4.45. The first kappa shape index (κ1) is 20.6. The Morgan fingerprint density at radius 1 is 1.16 bits per heavy atom. The van der Waals surface area contributed by atoms with Crippen molar-refractivity contribution in [2.24, 2.45) is 7.05 Å². The number of methoxy groups -OCH3 is 1. The van der Waals surface area contributed by atoms with Gasteiger partial charge in [0.05, 0.1) is 25.0 Å². The molecule has 0 saturated heterocycles. The Balaban J connectivity index is 1.48. The minimum absolute atomic E-state index is 0.107. The molecular weight excluding hydrogens is 398 g/mol. The number of carbonyl (C=O) groups excluding carboxylic acids is 2. The van der Waals surface area contributed by atoms with Crippen LogP contribution in [0.3, 0.4) is 0 Å². The lowest BCUT2D eigenvalue weighted by molar-refractivity contribution is 0.0596. The first-order valence-corrected chi connectivity index (χ1v) is 10.2. The molecule has 31 heavy (non-hydrogen) atoms. The standard InChI is InChI=1S/C22H25N5O4/c1-26-13-16(21(25-26)31-14-15-8-4-3-5-9-15)20(28)23-12-17-19(22(29)30-2)18-10-6-7-11-27(18)24-17/h3-5,8-9,13H,6-7,10-12,14H2,1-2H3,(H,23,28). The molecule has 0 saturated carbocycles. The van der Waals surface area contributed by atoms with Gasteiger partial charge in [-0.05, 0) is 24.8 Å². The summed E-state index contributed by atoms with van der Waals surface area (Å²) in [6.07, 6.45) is 4.39. The summed E-state index contributed by atoms with van der Waals surface area (Å²) < 4.78 is 14.1. The van der Waals surface area contributed by atoms with Crippen LogP contribution in [0.2, 0.25) is 0 Å². The SMILES string of the molecule is COC(=O)c1c(CNC(=O)c2cn(C)nc2OCc2ccccc2)nn2c1CCCC2. The van der Waals surface area contributed by atoms with Gasteiger partial charge in [-0.3, -0.25) is 14.2 Å². The Morgan fingerprint density at radius 2 is 1.97 bits per heavy atom. The number of amides is 1. The molecule has 0 atom stereocenters. The van der Waals surface area contributed by atoms with Crippen molar-refractivity contribution in [3.63, 3.8) is 0 Å². The van der Waals surface area contributed by atoms with Crippen LogP contribution in [0.25, 0.3) is 0 Å². The zero-order chi connectivity index (χ0) is 21.8. The fraction of sp³-hybridized carbons (Fsp3) is 0.364. The molecule has 1 amide bonds. The number of benzene rings is 1. The van der Waals surface area contributed by atoms with Gasteiger partial charge in [0.2, 0.25) is 5.88 Å². The van der Waals surface area contributed by atoms with Gasteiger partial charge in [0.1, 0.15) is 17.7 Å². The molecule has 2 aromatic heterocycles. The number of aryl methyl sites for hydroxylation is 2. The lowest BCUT2D eigenvalue weighted by Gasteiger charge is -2.13. The first-order valence-electron chi connectivity index (χ1n) is 10.2. The third-order valence-corrected chi connectivity index (χ3v) is 5.23. The minimum atomic E-state index is -0.430. The highest BCUT2D eigenvalue weighted by molar-refractivity contribution is 5.96. The zero-order valence-corrected chi connectivity index (χ0v) is 17.6. The van der Waals surface area contributed by atoms with E-state index in [9.17, 15) is 9.59 Å². The van der Waals surface area contributed by atoms with E-state index in [-0.39, 0.29) is 18.3 Å². The molecule has 9 nitrogen and oxygen atoms in total. The number of carbonyl (C=O) groups is 2. The average Bonchev–Trinajstić information content (AvgIpc) is 3.36. The van der Waals surface area contributed by atoms with Gasteiger partial charge in [-0.15, -0.1) is 5.10 Å². The van der Waals surface area contributed by atoms with E-state index in [1.165, 1.54) is 11.8 Å². The van der Waals surface area contributed by atoms with Gasteiger partial charge in [-0.1, -0.05) is 30.3 Å². The number of aromatic nitrogens is 4. The van der Waals surface area contributed by atoms with Crippen molar-refractivity contribution in [2.75, 3.05) is 7.11 Å². The van der Waals surface area contributed by atoms with Crippen molar-refractivity contribution in [3.8, 4) is 5.88 Å². The van der Waals surface area contributed by atoms with Gasteiger partial charge in [0.25, 0.3) is 5.91 Å². The van der Waals surface area contributed by atoms with E-state index < -0.39 is 5.97 Å². The lowest BCUT2D eigenvalue weighted by Crippen LogP contribution is -2.24. The highest BCUT2D eigenvalue weighted by atomic mass is 16.5. The van der Waals surface area contributed by atoms with Crippen molar-refractivity contribution in [1.82, 2.24) is 24.9 Å². The number of hydrogen-bond acceptors (Lipinski definition) is 6. The minimum Gasteiger partial charge on any atom is -0.471 e. The quantitative estimate of drug-likeness (QED) is 0.585. The maximum absolute atomic E-state index is 12.9. The van der Waals surface area contributed by atoms with E-state index >= 15 is 0 Å². The summed E-state index contributed by atoms with van der Waals surface area (Å²) in [5.74, 6) is -0.528. The molecule has 0 spiro atoms. The van der Waals surface area contributed by atoms with Crippen molar-refractivity contribution in [3.05, 3.63) is 64.6 Å². The van der Waals surface area contributed by atoms with Crippen LogP contribution in [-0.2, 0) is 37.9 Å². The number of fused-ring (bicyclic) bond motifs is 1. The molecule has 0 aliphatic carbocycles. The molecule has 4 rings (SSSR count). The van der Waals surface area contributed by atoms with Crippen LogP contribution in [0.4, 0.5) is 0 Å². The summed E-state index contributed by atoms with van der Waals surface area (Å²) in [5, 5.41) is 11.6. The molecule has 1 aliphatic heterocycles. The topological polar surface area (TPSA) is 100 Å². The molecule has 162 valence electrons. The van der Waals surface area contributed by atoms with Gasteiger partial charge < -0.3 is 14.8 Å². The summed E-state index contributed by atoms with van der Waals surface area (Å²) in [7, 11) is 3.08. The molecule has 0 bridgehead atoms. The smallest absolute Gasteiger partial charge is 0.341 e. The average molecular weight is 423 g/mol. The van der Waals surface area contributed by atoms with Crippen LogP contribution in [0.5, 0.6) is 5.88 Å². The highest BCUT2D eigenvalue weighted by Gasteiger charge is 2.26. The van der Waals surface area contributed by atoms with Crippen LogP contribution >= 0.6 is 0 Å². The van der Waals surface area contributed by atoms with E-state index in [2.05, 4.69) is 15.5 Å². The van der Waals surface area contributed by atoms with Crippen LogP contribution in [0.15, 0.2) is 36.5 Å². The van der Waals surface area contributed by atoms with Gasteiger partial charge in [-0.25, -0.2) is 4.79 Å². The fourth-order valence-electron chi connectivity index (χ4n) is 3.72. The van der Waals surface area contributed by atoms with Crippen molar-refractivity contribution >= 4 is 11.9 Å². The van der Waals surface area contributed by atoms with Gasteiger partial charge in [0.15, 0.2) is 0 Å². The van der Waals surface area contributed by atoms with Crippen LogP contribution < -0.4 is 10.1 Å². The Bertz CT molecular complexity index is 1090. The molecule has 0 fully saturated rings. The predicted octanol–water partition coefficient (Wildman–Crippen LogP) is 2.25. The maximum Gasteiger partial charge on any atom is 0.341 e. The van der Waals surface area contributed by atoms with Gasteiger partial charge in [0, 0.05) is 19.8 Å². The number of esters is 1. The zero-order valence-electron chi connectivity index (χ0n) is 17.6. The summed E-state index contributed by atoms with van der Waals surface area (Å²) in [5.41, 5.74) is 3.13.